The van der Waals surface area contributed by atoms with Crippen LogP contribution < -0.4 is 11.1 Å². The molecule has 6 nitrogen and oxygen atoms in total. The number of pyridine rings is 1. The molecule has 3 N–H and O–H groups in total. The molecule has 0 bridgehead atoms. The van der Waals surface area contributed by atoms with Crippen molar-refractivity contribution in [1.82, 2.24) is 4.98 Å². The summed E-state index contributed by atoms with van der Waals surface area (Å²) in [4.78, 5) is 16.1. The average molecular weight is 283 g/mol. The zero-order valence-corrected chi connectivity index (χ0v) is 11.5. The van der Waals surface area contributed by atoms with Gasteiger partial charge in [0.15, 0.2) is 9.84 Å². The summed E-state index contributed by atoms with van der Waals surface area (Å²) in [6.07, 6.45) is 3.19. The van der Waals surface area contributed by atoms with Gasteiger partial charge in [0.05, 0.1) is 17.6 Å². The van der Waals surface area contributed by atoms with Gasteiger partial charge < -0.3 is 11.1 Å². The molecule has 19 heavy (non-hydrogen) atoms. The molecule has 1 aromatic rings. The van der Waals surface area contributed by atoms with Gasteiger partial charge in [-0.3, -0.25) is 4.79 Å². The van der Waals surface area contributed by atoms with Crippen LogP contribution in [-0.4, -0.2) is 30.3 Å². The van der Waals surface area contributed by atoms with Crippen molar-refractivity contribution >= 4 is 27.2 Å². The molecule has 7 heteroatoms. The monoisotopic (exact) mass is 283 g/mol. The van der Waals surface area contributed by atoms with Gasteiger partial charge in [0.2, 0.25) is 5.91 Å². The number of nitrogens with one attached hydrogen (secondary N) is 1. The minimum Gasteiger partial charge on any atom is -0.397 e. The molecule has 0 saturated carbocycles. The van der Waals surface area contributed by atoms with E-state index < -0.39 is 21.0 Å². The van der Waals surface area contributed by atoms with Crippen molar-refractivity contribution in [3.63, 3.8) is 0 Å². The fraction of sp³-hybridized carbons (Fsp3) is 0.500. The summed E-state index contributed by atoms with van der Waals surface area (Å²) >= 11 is 0. The molecule has 0 radical (unpaired) electrons. The van der Waals surface area contributed by atoms with E-state index in [0.29, 0.717) is 29.9 Å². The number of sulfone groups is 1. The van der Waals surface area contributed by atoms with Gasteiger partial charge in [-0.25, -0.2) is 13.4 Å². The van der Waals surface area contributed by atoms with Gasteiger partial charge in [-0.2, -0.15) is 0 Å². The summed E-state index contributed by atoms with van der Waals surface area (Å²) in [6.45, 7) is 1.76. The van der Waals surface area contributed by atoms with Gasteiger partial charge in [0, 0.05) is 0 Å². The second-order valence-electron chi connectivity index (χ2n) is 4.77. The van der Waals surface area contributed by atoms with E-state index >= 15 is 0 Å². The standard InChI is InChI=1S/C12H17N3O3S/c1-8-6-9(13)7-14-11(8)15-12(16)10-4-2-3-5-19(10,17)18/h6-7,10H,2-5,13H2,1H3,(H,14,15,16). The zero-order chi connectivity index (χ0) is 14.0. The predicted molar refractivity (Wildman–Crippen MR) is 73.4 cm³/mol. The smallest absolute Gasteiger partial charge is 0.243 e. The van der Waals surface area contributed by atoms with Gasteiger partial charge in [-0.05, 0) is 31.4 Å². The molecule has 1 aromatic heterocycles. The molecule has 0 aromatic carbocycles. The van der Waals surface area contributed by atoms with Crippen LogP contribution in [-0.2, 0) is 14.6 Å². The lowest BCUT2D eigenvalue weighted by molar-refractivity contribution is -0.116. The number of nitrogens with two attached hydrogens (primary N) is 1. The van der Waals surface area contributed by atoms with E-state index in [4.69, 9.17) is 5.73 Å². The quantitative estimate of drug-likeness (QED) is 0.838. The van der Waals surface area contributed by atoms with Crippen LogP contribution in [0.2, 0.25) is 0 Å². The summed E-state index contributed by atoms with van der Waals surface area (Å²) in [6, 6.07) is 1.68. The first kappa shape index (κ1) is 13.8. The Balaban J connectivity index is 2.17. The van der Waals surface area contributed by atoms with Crippen LogP contribution in [0.15, 0.2) is 12.3 Å². The Kier molecular flexibility index (Phi) is 3.75. The number of aryl methyl sites for hydroxylation is 1. The first-order valence-corrected chi connectivity index (χ1v) is 7.86. The summed E-state index contributed by atoms with van der Waals surface area (Å²) in [5.74, 6) is -0.0563. The van der Waals surface area contributed by atoms with E-state index in [1.54, 1.807) is 13.0 Å². The fourth-order valence-corrected chi connectivity index (χ4v) is 3.98. The third kappa shape index (κ3) is 3.04. The Morgan fingerprint density at radius 2 is 2.21 bits per heavy atom. The molecule has 1 aliphatic heterocycles. The van der Waals surface area contributed by atoms with E-state index in [1.165, 1.54) is 6.20 Å². The topological polar surface area (TPSA) is 102 Å². The first-order valence-electron chi connectivity index (χ1n) is 6.15. The van der Waals surface area contributed by atoms with Crippen molar-refractivity contribution in [2.75, 3.05) is 16.8 Å². The van der Waals surface area contributed by atoms with Gasteiger partial charge in [0.25, 0.3) is 0 Å². The molecule has 104 valence electrons. The minimum atomic E-state index is -3.33. The number of nitrogen functional groups attached to an aromatic ring is 1. The summed E-state index contributed by atoms with van der Waals surface area (Å²) in [5.41, 5.74) is 6.78. The molecule has 0 spiro atoms. The Bertz CT molecular complexity index is 598. The Morgan fingerprint density at radius 3 is 2.84 bits per heavy atom. The van der Waals surface area contributed by atoms with Crippen LogP contribution >= 0.6 is 0 Å². The van der Waals surface area contributed by atoms with Gasteiger partial charge in [0.1, 0.15) is 11.1 Å². The molecule has 1 atom stereocenters. The Labute approximate surface area is 112 Å². The highest BCUT2D eigenvalue weighted by Crippen LogP contribution is 2.22. The van der Waals surface area contributed by atoms with Gasteiger partial charge >= 0.3 is 0 Å². The van der Waals surface area contributed by atoms with E-state index in [0.717, 1.165) is 6.42 Å². The third-order valence-corrected chi connectivity index (χ3v) is 5.39. The molecule has 0 aliphatic carbocycles. The number of hydrogen-bond acceptors (Lipinski definition) is 5. The maximum Gasteiger partial charge on any atom is 0.243 e. The molecular weight excluding hydrogens is 266 g/mol. The van der Waals surface area contributed by atoms with E-state index in [2.05, 4.69) is 10.3 Å². The van der Waals surface area contributed by atoms with Gasteiger partial charge in [-0.15, -0.1) is 0 Å². The van der Waals surface area contributed by atoms with Crippen LogP contribution in [0, 0.1) is 6.92 Å². The molecule has 1 unspecified atom stereocenters. The summed E-state index contributed by atoms with van der Waals surface area (Å²) in [5, 5.41) is 1.62. The highest BCUT2D eigenvalue weighted by Gasteiger charge is 2.35. The van der Waals surface area contributed by atoms with Crippen molar-refractivity contribution in [2.24, 2.45) is 0 Å². The van der Waals surface area contributed by atoms with Crippen molar-refractivity contribution in [3.05, 3.63) is 17.8 Å². The number of nitrogens with zero attached hydrogens (tertiary/aromatic N) is 1. The lowest BCUT2D eigenvalue weighted by atomic mass is 10.2. The van der Waals surface area contributed by atoms with Crippen molar-refractivity contribution in [1.29, 1.82) is 0 Å². The Morgan fingerprint density at radius 1 is 1.47 bits per heavy atom. The lowest BCUT2D eigenvalue weighted by Crippen LogP contribution is -2.39. The molecular formula is C12H17N3O3S. The molecule has 1 saturated heterocycles. The van der Waals surface area contributed by atoms with Crippen LogP contribution in [0.1, 0.15) is 24.8 Å². The lowest BCUT2D eigenvalue weighted by Gasteiger charge is -2.21. The predicted octanol–water partition coefficient (Wildman–Crippen LogP) is 0.878. The van der Waals surface area contributed by atoms with E-state index in [-0.39, 0.29) is 5.75 Å². The van der Waals surface area contributed by atoms with Crippen LogP contribution in [0.4, 0.5) is 11.5 Å². The number of aromatic nitrogens is 1. The fourth-order valence-electron chi connectivity index (χ4n) is 2.17. The van der Waals surface area contributed by atoms with Crippen LogP contribution in [0.3, 0.4) is 0 Å². The van der Waals surface area contributed by atoms with E-state index in [9.17, 15) is 13.2 Å². The maximum absolute atomic E-state index is 12.1. The van der Waals surface area contributed by atoms with Crippen molar-refractivity contribution in [2.45, 2.75) is 31.4 Å². The average Bonchev–Trinajstić information content (AvgIpc) is 2.32. The summed E-state index contributed by atoms with van der Waals surface area (Å²) < 4.78 is 23.7. The van der Waals surface area contributed by atoms with E-state index in [1.807, 2.05) is 0 Å². The number of hydrogen-bond donors (Lipinski definition) is 2. The third-order valence-electron chi connectivity index (χ3n) is 3.21. The maximum atomic E-state index is 12.1. The normalized spacial score (nSPS) is 21.8. The number of carbonyl (C=O) groups excluding carboxylic acids is 1. The molecule has 2 heterocycles. The van der Waals surface area contributed by atoms with Gasteiger partial charge in [-0.1, -0.05) is 6.42 Å². The molecule has 2 rings (SSSR count). The number of carbonyl (C=O) groups is 1. The number of amides is 1. The first-order chi connectivity index (χ1) is 8.90. The molecule has 1 amide bonds. The molecule has 1 aliphatic rings. The zero-order valence-electron chi connectivity index (χ0n) is 10.7. The second kappa shape index (κ2) is 5.16. The highest BCUT2D eigenvalue weighted by molar-refractivity contribution is 7.92. The SMILES string of the molecule is Cc1cc(N)cnc1NC(=O)C1CCCCS1(=O)=O. The highest BCUT2D eigenvalue weighted by atomic mass is 32.2. The van der Waals surface area contributed by atoms with Crippen molar-refractivity contribution in [3.8, 4) is 0 Å². The van der Waals surface area contributed by atoms with Crippen LogP contribution in [0.5, 0.6) is 0 Å². The Hall–Kier alpha value is -1.63. The second-order valence-corrected chi connectivity index (χ2v) is 7.08. The summed E-state index contributed by atoms with van der Waals surface area (Å²) in [7, 11) is -3.33. The minimum absolute atomic E-state index is 0.0826. The largest absolute Gasteiger partial charge is 0.397 e. The van der Waals surface area contributed by atoms with Crippen molar-refractivity contribution < 1.29 is 13.2 Å². The van der Waals surface area contributed by atoms with Crippen LogP contribution in [0.25, 0.3) is 0 Å². The molecule has 1 fully saturated rings. The number of rotatable bonds is 2. The number of anilines is 2.